The van der Waals surface area contributed by atoms with E-state index in [4.69, 9.17) is 8.83 Å². The van der Waals surface area contributed by atoms with Crippen LogP contribution in [0.15, 0.2) is 276 Å². The van der Waals surface area contributed by atoms with Gasteiger partial charge in [0.15, 0.2) is 0 Å². The highest BCUT2D eigenvalue weighted by molar-refractivity contribution is 6.17. The Morgan fingerprint density at radius 3 is 0.927 bits per heavy atom. The first-order valence-corrected chi connectivity index (χ1v) is 39.3. The van der Waals surface area contributed by atoms with Crippen LogP contribution in [0.25, 0.3) is 132 Å². The van der Waals surface area contributed by atoms with Crippen LogP contribution in [-0.2, 0) is 32.5 Å². The molecule has 18 aromatic rings. The molecule has 4 heterocycles. The Labute approximate surface area is 644 Å². The zero-order chi connectivity index (χ0) is 75.8. The standard InChI is InChI=1S/C104H92N4O2/c1-99(2,3)63-49-64(100(4,5)6)52-73(51-63)107-91-31-23-19-27-79(91)81-41-35-69(57-93(81)107)105(67-33-39-77-75-25-17-21-29-87(75)103(13,14)89(77)55-67)71-37-43-83-85-45-61-48-96-86(46-62(61)47-95(85)109-97(83)59-71)84-44-38-72(60-98(84)110-96)106(68-34-40-78-76-26-18-22-30-88(76)104(15,16)90(78)56-68)70-36-42-82-80-28-20-24-32-92(80)108(94(82)58-70)74-53-65(101(7,8)9)50-66(54-74)102(10,11)12/h17-60H,1-16H3. The van der Waals surface area contributed by atoms with Crippen molar-refractivity contribution in [1.29, 1.82) is 0 Å². The quantitative estimate of drug-likeness (QED) is 0.152. The fourth-order valence-electron chi connectivity index (χ4n) is 18.6. The molecule has 2 aliphatic carbocycles. The van der Waals surface area contributed by atoms with Gasteiger partial charge < -0.3 is 27.8 Å². The second-order valence-electron chi connectivity index (χ2n) is 36.7. The molecule has 110 heavy (non-hydrogen) atoms. The summed E-state index contributed by atoms with van der Waals surface area (Å²) in [5, 5.41) is 11.3. The first-order chi connectivity index (χ1) is 52.5. The van der Waals surface area contributed by atoms with Crippen molar-refractivity contribution in [2.24, 2.45) is 0 Å². The van der Waals surface area contributed by atoms with Crippen LogP contribution in [0.5, 0.6) is 0 Å². The van der Waals surface area contributed by atoms with Crippen molar-refractivity contribution in [2.75, 3.05) is 9.80 Å². The minimum absolute atomic E-state index is 0.0593. The van der Waals surface area contributed by atoms with Crippen LogP contribution < -0.4 is 9.80 Å². The SMILES string of the molecule is CC(C)(C)c1cc(-n2c3ccccc3c3ccc(N(c4ccc5c(c4)C(C)(C)c4ccccc4-5)c4ccc5c(c4)oc4cc6cc7c(cc6cc45)oc4cc(N(c5ccc6c(c5)C(C)(C)c5ccccc5-6)c5ccc6c8ccccc8n(-c8cc(C(C)(C)C)cc(C(C)(C)C)c8)c6c5)ccc47)cc32)cc(C(C)(C)C)c1. The largest absolute Gasteiger partial charge is 0.456 e. The van der Waals surface area contributed by atoms with E-state index in [-0.39, 0.29) is 32.5 Å². The summed E-state index contributed by atoms with van der Waals surface area (Å²) in [7, 11) is 0. The van der Waals surface area contributed by atoms with E-state index in [9.17, 15) is 0 Å². The van der Waals surface area contributed by atoms with Crippen molar-refractivity contribution in [1.82, 2.24) is 9.13 Å². The van der Waals surface area contributed by atoms with E-state index in [0.29, 0.717) is 0 Å². The number of fused-ring (bicyclic) bond motifs is 19. The van der Waals surface area contributed by atoms with Crippen LogP contribution >= 0.6 is 0 Å². The fourth-order valence-corrected chi connectivity index (χ4v) is 18.6. The molecule has 0 aliphatic heterocycles. The third-order valence-corrected chi connectivity index (χ3v) is 24.8. The molecular formula is C104H92N4O2. The summed E-state index contributed by atoms with van der Waals surface area (Å²) in [4.78, 5) is 4.89. The summed E-state index contributed by atoms with van der Waals surface area (Å²) in [6.07, 6.45) is 0. The number of furan rings is 2. The molecule has 6 heteroatoms. The number of hydrogen-bond acceptors (Lipinski definition) is 4. The normalized spacial score (nSPS) is 14.1. The predicted molar refractivity (Wildman–Crippen MR) is 466 cm³/mol. The monoisotopic (exact) mass is 1430 g/mol. The third-order valence-electron chi connectivity index (χ3n) is 24.8. The lowest BCUT2D eigenvalue weighted by Gasteiger charge is -2.28. The highest BCUT2D eigenvalue weighted by atomic mass is 16.3. The first-order valence-electron chi connectivity index (χ1n) is 39.3. The van der Waals surface area contributed by atoms with Gasteiger partial charge in [-0.2, -0.15) is 0 Å². The van der Waals surface area contributed by atoms with E-state index in [1.54, 1.807) is 0 Å². The maximum atomic E-state index is 7.15. The molecule has 0 saturated heterocycles. The number of para-hydroxylation sites is 2. The number of hydrogen-bond donors (Lipinski definition) is 0. The molecule has 0 bridgehead atoms. The highest BCUT2D eigenvalue weighted by Gasteiger charge is 2.38. The Morgan fingerprint density at radius 2 is 0.545 bits per heavy atom. The van der Waals surface area contributed by atoms with Gasteiger partial charge in [0.25, 0.3) is 0 Å². The minimum atomic E-state index is -0.205. The van der Waals surface area contributed by atoms with Gasteiger partial charge in [-0.1, -0.05) is 232 Å². The summed E-state index contributed by atoms with van der Waals surface area (Å²) in [5.41, 5.74) is 31.8. The van der Waals surface area contributed by atoms with E-state index in [2.05, 4.69) is 397 Å². The molecule has 0 N–H and O–H groups in total. The van der Waals surface area contributed by atoms with Crippen LogP contribution in [-0.4, -0.2) is 9.13 Å². The molecule has 0 unspecified atom stereocenters. The molecule has 0 amide bonds. The van der Waals surface area contributed by atoms with Gasteiger partial charge in [-0.05, 0) is 233 Å². The lowest BCUT2D eigenvalue weighted by atomic mass is 9.80. The van der Waals surface area contributed by atoms with Crippen molar-refractivity contribution in [2.45, 2.75) is 143 Å². The first kappa shape index (κ1) is 67.5. The molecule has 20 rings (SSSR count). The maximum Gasteiger partial charge on any atom is 0.137 e. The van der Waals surface area contributed by atoms with Crippen molar-refractivity contribution in [3.05, 3.63) is 311 Å². The van der Waals surface area contributed by atoms with Crippen LogP contribution in [0.4, 0.5) is 34.1 Å². The second kappa shape index (κ2) is 23.3. The van der Waals surface area contributed by atoms with Gasteiger partial charge in [0, 0.05) is 112 Å². The summed E-state index contributed by atoms with van der Waals surface area (Å²) in [6, 6.07) is 101. The van der Waals surface area contributed by atoms with Crippen LogP contribution in [0.1, 0.15) is 155 Å². The maximum absolute atomic E-state index is 7.15. The lowest BCUT2D eigenvalue weighted by Crippen LogP contribution is -2.17. The Morgan fingerprint density at radius 1 is 0.245 bits per heavy atom. The molecule has 0 radical (unpaired) electrons. The summed E-state index contributed by atoms with van der Waals surface area (Å²) in [6.45, 7) is 37.4. The molecule has 0 atom stereocenters. The fraction of sp³-hybridized carbons (Fsp3) is 0.212. The van der Waals surface area contributed by atoms with Gasteiger partial charge in [-0.15, -0.1) is 0 Å². The van der Waals surface area contributed by atoms with Crippen molar-refractivity contribution >= 4 is 132 Å². The molecule has 2 aliphatic rings. The number of aromatic nitrogens is 2. The van der Waals surface area contributed by atoms with Gasteiger partial charge in [0.1, 0.15) is 22.3 Å². The van der Waals surface area contributed by atoms with E-state index < -0.39 is 0 Å². The highest BCUT2D eigenvalue weighted by Crippen LogP contribution is 2.55. The van der Waals surface area contributed by atoms with Crippen LogP contribution in [0, 0.1) is 0 Å². The smallest absolute Gasteiger partial charge is 0.137 e. The molecule has 6 nitrogen and oxygen atoms in total. The lowest BCUT2D eigenvalue weighted by molar-refractivity contribution is 0.567. The van der Waals surface area contributed by atoms with E-state index in [0.717, 1.165) is 99.8 Å². The third kappa shape index (κ3) is 10.3. The van der Waals surface area contributed by atoms with Gasteiger partial charge in [-0.3, -0.25) is 0 Å². The van der Waals surface area contributed by atoms with E-state index in [1.165, 1.54) is 111 Å². The molecule has 4 aromatic heterocycles. The Bertz CT molecular complexity index is 6480. The predicted octanol–water partition coefficient (Wildman–Crippen LogP) is 29.6. The van der Waals surface area contributed by atoms with Crippen LogP contribution in [0.3, 0.4) is 0 Å². The molecule has 0 spiro atoms. The average molecular weight is 1430 g/mol. The van der Waals surface area contributed by atoms with Crippen molar-refractivity contribution < 1.29 is 8.83 Å². The Hall–Kier alpha value is -11.9. The topological polar surface area (TPSA) is 42.6 Å². The molecule has 540 valence electrons. The average Bonchev–Trinajstić information content (AvgIpc) is 1.58. The second-order valence-corrected chi connectivity index (χ2v) is 36.7. The van der Waals surface area contributed by atoms with Crippen molar-refractivity contribution in [3.8, 4) is 33.6 Å². The van der Waals surface area contributed by atoms with Crippen molar-refractivity contribution in [3.63, 3.8) is 0 Å². The zero-order valence-electron chi connectivity index (χ0n) is 66.0. The number of anilines is 6. The molecule has 0 saturated carbocycles. The number of nitrogens with zero attached hydrogens (tertiary/aromatic N) is 4. The summed E-state index contributed by atoms with van der Waals surface area (Å²) < 4.78 is 19.3. The Balaban J connectivity index is 0.722. The van der Waals surface area contributed by atoms with E-state index >= 15 is 0 Å². The van der Waals surface area contributed by atoms with E-state index in [1.807, 2.05) is 0 Å². The molecular weight excluding hydrogens is 1340 g/mol. The minimum Gasteiger partial charge on any atom is -0.456 e. The van der Waals surface area contributed by atoms with Crippen LogP contribution in [0.2, 0.25) is 0 Å². The summed E-state index contributed by atoms with van der Waals surface area (Å²) in [5.74, 6) is 0. The Kier molecular flexibility index (Phi) is 14.3. The zero-order valence-corrected chi connectivity index (χ0v) is 66.0. The van der Waals surface area contributed by atoms with Gasteiger partial charge >= 0.3 is 0 Å². The van der Waals surface area contributed by atoms with Gasteiger partial charge in [0.2, 0.25) is 0 Å². The summed E-state index contributed by atoms with van der Waals surface area (Å²) >= 11 is 0. The number of benzene rings is 14. The number of rotatable bonds is 8. The molecule has 14 aromatic carbocycles. The van der Waals surface area contributed by atoms with Gasteiger partial charge in [-0.25, -0.2) is 0 Å². The van der Waals surface area contributed by atoms with Gasteiger partial charge in [0.05, 0.1) is 22.1 Å². The molecule has 0 fully saturated rings.